The molecule has 0 aliphatic rings. The molecule has 19 heteroatoms. The first kappa shape index (κ1) is 47.2. The van der Waals surface area contributed by atoms with Crippen LogP contribution in [0.25, 0.3) is 22.8 Å². The van der Waals surface area contributed by atoms with Crippen LogP contribution in [0.5, 0.6) is 5.75 Å². The normalized spacial score (nSPS) is 11.7. The quantitative estimate of drug-likeness (QED) is 0.0506. The van der Waals surface area contributed by atoms with E-state index in [0.29, 0.717) is 23.7 Å². The van der Waals surface area contributed by atoms with E-state index in [0.717, 1.165) is 106 Å². The minimum atomic E-state index is -3.59. The molecule has 2 aromatic carbocycles. The van der Waals surface area contributed by atoms with Crippen LogP contribution in [-0.2, 0) is 20.0 Å². The second-order valence-electron chi connectivity index (χ2n) is 14.1. The van der Waals surface area contributed by atoms with Gasteiger partial charge >= 0.3 is 0 Å². The number of aryl methyl sites for hydroxylation is 6. The van der Waals surface area contributed by atoms with Gasteiger partial charge in [0, 0.05) is 46.7 Å². The van der Waals surface area contributed by atoms with Crippen molar-refractivity contribution < 1.29 is 21.6 Å². The van der Waals surface area contributed by atoms with Crippen LogP contribution in [0.3, 0.4) is 0 Å². The molecule has 0 spiro atoms. The maximum absolute atomic E-state index is 12.6. The molecule has 4 aromatic heterocycles. The number of sulfonamides is 2. The average molecular weight is 931 g/mol. The van der Waals surface area contributed by atoms with Gasteiger partial charge in [-0.25, -0.2) is 46.2 Å². The van der Waals surface area contributed by atoms with Gasteiger partial charge < -0.3 is 15.4 Å². The highest BCUT2D eigenvalue weighted by Crippen LogP contribution is 2.31. The van der Waals surface area contributed by atoms with Gasteiger partial charge in [-0.15, -0.1) is 45.3 Å². The van der Waals surface area contributed by atoms with E-state index in [-0.39, 0.29) is 4.90 Å². The van der Waals surface area contributed by atoms with E-state index in [4.69, 9.17) is 4.74 Å². The molecule has 0 atom stereocenters. The van der Waals surface area contributed by atoms with Gasteiger partial charge in [0.2, 0.25) is 20.0 Å². The van der Waals surface area contributed by atoms with Crippen molar-refractivity contribution >= 4 is 75.7 Å². The summed E-state index contributed by atoms with van der Waals surface area (Å²) < 4.78 is 60.1. The van der Waals surface area contributed by atoms with E-state index in [1.807, 2.05) is 44.5 Å². The fraction of sp³-hybridized carbons (Fsp3) is 0.415. The van der Waals surface area contributed by atoms with Gasteiger partial charge in [0.1, 0.15) is 33.4 Å². The number of rotatable bonds is 21. The summed E-state index contributed by atoms with van der Waals surface area (Å²) >= 11 is 6.53. The molecule has 0 saturated carbocycles. The third-order valence-corrected chi connectivity index (χ3v) is 15.4. The molecule has 324 valence electrons. The molecule has 6 rings (SSSR count). The molecule has 4 heterocycles. The summed E-state index contributed by atoms with van der Waals surface area (Å²) in [6.07, 6.45) is 5.28. The Morgan fingerprint density at radius 1 is 0.567 bits per heavy atom. The van der Waals surface area contributed by atoms with Crippen molar-refractivity contribution in [1.82, 2.24) is 29.4 Å². The first-order valence-electron chi connectivity index (χ1n) is 19.6. The summed E-state index contributed by atoms with van der Waals surface area (Å²) in [5, 5.41) is 14.6. The average Bonchev–Trinajstić information content (AvgIpc) is 4.01. The largest absolute Gasteiger partial charge is 0.495 e. The van der Waals surface area contributed by atoms with Crippen LogP contribution in [0.2, 0.25) is 0 Å². The number of ether oxygens (including phenoxy) is 1. The Hall–Kier alpha value is -3.82. The SMILES string of the molecule is COc1ccc(C)cc1S(=O)(=O)NCCCCCNc1nc(-c2nc(C)sc2C)cs1.Cc1ccc(S(=O)(=O)NCCCCCNc2nc(-c3nc(C)sc3C)cs2)cc1. The highest BCUT2D eigenvalue weighted by molar-refractivity contribution is 7.89. The van der Waals surface area contributed by atoms with Crippen LogP contribution in [0.1, 0.15) is 69.4 Å². The lowest BCUT2D eigenvalue weighted by Gasteiger charge is -2.11. The van der Waals surface area contributed by atoms with E-state index < -0.39 is 20.0 Å². The molecule has 0 fully saturated rings. The maximum Gasteiger partial charge on any atom is 0.244 e. The summed E-state index contributed by atoms with van der Waals surface area (Å²) in [5.41, 5.74) is 5.68. The molecule has 13 nitrogen and oxygen atoms in total. The summed E-state index contributed by atoms with van der Waals surface area (Å²) in [6.45, 7) is 14.4. The molecule has 0 bridgehead atoms. The number of benzene rings is 2. The molecule has 0 aliphatic heterocycles. The van der Waals surface area contributed by atoms with Gasteiger partial charge in [-0.3, -0.25) is 0 Å². The third kappa shape index (κ3) is 13.9. The number of unbranched alkanes of at least 4 members (excludes halogenated alkanes) is 4. The summed E-state index contributed by atoms with van der Waals surface area (Å²) in [7, 11) is -5.53. The predicted molar refractivity (Wildman–Crippen MR) is 249 cm³/mol. The fourth-order valence-corrected chi connectivity index (χ4v) is 11.5. The second kappa shape index (κ2) is 22.3. The Labute approximate surface area is 370 Å². The van der Waals surface area contributed by atoms with Gasteiger partial charge in [0.15, 0.2) is 10.3 Å². The lowest BCUT2D eigenvalue weighted by Crippen LogP contribution is -2.25. The van der Waals surface area contributed by atoms with Crippen molar-refractivity contribution in [2.24, 2.45) is 0 Å². The van der Waals surface area contributed by atoms with Gasteiger partial charge in [-0.1, -0.05) is 36.6 Å². The number of hydrogen-bond acceptors (Lipinski definition) is 15. The summed E-state index contributed by atoms with van der Waals surface area (Å²) in [5.74, 6) is 0.355. The summed E-state index contributed by atoms with van der Waals surface area (Å²) in [6, 6.07) is 12.0. The molecule has 0 unspecified atom stereocenters. The molecular formula is C41H54N8O5S6. The van der Waals surface area contributed by atoms with E-state index in [2.05, 4.69) is 53.9 Å². The van der Waals surface area contributed by atoms with Crippen molar-refractivity contribution in [2.75, 3.05) is 43.9 Å². The number of hydrogen-bond donors (Lipinski definition) is 4. The predicted octanol–water partition coefficient (Wildman–Crippen LogP) is 9.51. The molecule has 0 saturated heterocycles. The minimum Gasteiger partial charge on any atom is -0.495 e. The number of nitrogens with zero attached hydrogens (tertiary/aromatic N) is 4. The van der Waals surface area contributed by atoms with E-state index >= 15 is 0 Å². The molecule has 6 aromatic rings. The van der Waals surface area contributed by atoms with Crippen molar-refractivity contribution in [2.45, 2.75) is 89.9 Å². The van der Waals surface area contributed by atoms with Crippen molar-refractivity contribution in [3.63, 3.8) is 0 Å². The monoisotopic (exact) mass is 930 g/mol. The van der Waals surface area contributed by atoms with Crippen LogP contribution in [-0.4, -0.2) is 70.1 Å². The molecule has 4 N–H and O–H groups in total. The number of aromatic nitrogens is 4. The van der Waals surface area contributed by atoms with Crippen LogP contribution in [0.4, 0.5) is 10.3 Å². The summed E-state index contributed by atoms with van der Waals surface area (Å²) in [4.78, 5) is 21.2. The Kier molecular flexibility index (Phi) is 17.6. The van der Waals surface area contributed by atoms with Crippen molar-refractivity contribution in [1.29, 1.82) is 0 Å². The van der Waals surface area contributed by atoms with Crippen LogP contribution >= 0.6 is 45.3 Å². The van der Waals surface area contributed by atoms with Crippen LogP contribution < -0.4 is 24.8 Å². The first-order valence-corrected chi connectivity index (χ1v) is 26.0. The fourth-order valence-electron chi connectivity index (χ4n) is 5.99. The van der Waals surface area contributed by atoms with Gasteiger partial charge in [0.05, 0.1) is 22.0 Å². The minimum absolute atomic E-state index is 0.182. The van der Waals surface area contributed by atoms with Crippen LogP contribution in [0.15, 0.2) is 63.0 Å². The number of thiazole rings is 4. The topological polar surface area (TPSA) is 177 Å². The molecular weight excluding hydrogens is 877 g/mol. The highest BCUT2D eigenvalue weighted by Gasteiger charge is 2.19. The van der Waals surface area contributed by atoms with Gasteiger partial charge in [-0.05, 0) is 97.1 Å². The Morgan fingerprint density at radius 3 is 1.50 bits per heavy atom. The van der Waals surface area contributed by atoms with Gasteiger partial charge in [0.25, 0.3) is 0 Å². The Bertz CT molecular complexity index is 2510. The zero-order valence-corrected chi connectivity index (χ0v) is 39.9. The molecule has 0 radical (unpaired) electrons. The molecule has 0 aliphatic carbocycles. The van der Waals surface area contributed by atoms with E-state index in [1.165, 1.54) is 16.9 Å². The number of nitrogens with one attached hydrogen (secondary N) is 4. The van der Waals surface area contributed by atoms with E-state index in [9.17, 15) is 16.8 Å². The maximum atomic E-state index is 12.6. The standard InChI is InChI=1S/C21H28N4O3S3.C20H26N4O2S3/c1-14-8-9-18(28-4)19(12-14)31(26,27)23-11-7-5-6-10-22-21-25-17(13-29-21)20-15(2)30-16(3)24-20;1-14-7-9-17(10-8-14)29(25,26)22-12-6-4-5-11-21-20-24-18(13-27-20)19-15(2)28-16(3)23-19/h8-9,12-13,23H,5-7,10-11H2,1-4H3,(H,22,25);7-10,13,22H,4-6,11-12H2,1-3H3,(H,21,24). The Balaban J connectivity index is 0.000000228. The number of methoxy groups -OCH3 is 1. The lowest BCUT2D eigenvalue weighted by molar-refractivity contribution is 0.402. The van der Waals surface area contributed by atoms with Crippen molar-refractivity contribution in [3.05, 3.63) is 84.1 Å². The smallest absolute Gasteiger partial charge is 0.244 e. The first-order chi connectivity index (χ1) is 28.6. The van der Waals surface area contributed by atoms with Gasteiger partial charge in [-0.2, -0.15) is 0 Å². The number of anilines is 2. The third-order valence-electron chi connectivity index (χ3n) is 9.08. The Morgan fingerprint density at radius 2 is 1.03 bits per heavy atom. The lowest BCUT2D eigenvalue weighted by atomic mass is 10.2. The van der Waals surface area contributed by atoms with Crippen molar-refractivity contribution in [3.8, 4) is 28.5 Å². The molecule has 60 heavy (non-hydrogen) atoms. The zero-order valence-electron chi connectivity index (χ0n) is 35.0. The zero-order chi connectivity index (χ0) is 43.3. The van der Waals surface area contributed by atoms with E-state index in [1.54, 1.807) is 81.7 Å². The molecule has 0 amide bonds. The van der Waals surface area contributed by atoms with Crippen LogP contribution in [0, 0.1) is 41.5 Å². The highest BCUT2D eigenvalue weighted by atomic mass is 32.2. The second-order valence-corrected chi connectivity index (χ2v) is 22.1.